The first kappa shape index (κ1) is 18.9. The van der Waals surface area contributed by atoms with E-state index in [4.69, 9.17) is 9.84 Å². The molecule has 1 atom stereocenters. The van der Waals surface area contributed by atoms with E-state index < -0.39 is 12.1 Å². The maximum atomic E-state index is 11.6. The molecule has 0 saturated carbocycles. The van der Waals surface area contributed by atoms with E-state index in [1.807, 2.05) is 6.92 Å². The third-order valence-electron chi connectivity index (χ3n) is 3.35. The molecule has 0 bridgehead atoms. The number of rotatable bonds is 13. The summed E-state index contributed by atoms with van der Waals surface area (Å²) in [5.41, 5.74) is 0. The number of aliphatic carboxylic acids is 1. The largest absolute Gasteiger partial charge is 0.479 e. The third-order valence-corrected chi connectivity index (χ3v) is 3.35. The van der Waals surface area contributed by atoms with E-state index in [0.717, 1.165) is 32.1 Å². The second-order valence-electron chi connectivity index (χ2n) is 5.33. The zero-order valence-electron chi connectivity index (χ0n) is 13.0. The summed E-state index contributed by atoms with van der Waals surface area (Å²) in [4.78, 5) is 22.5. The highest BCUT2D eigenvalue weighted by atomic mass is 16.6. The van der Waals surface area contributed by atoms with Crippen LogP contribution < -0.4 is 0 Å². The van der Waals surface area contributed by atoms with Gasteiger partial charge in [-0.2, -0.15) is 0 Å². The fourth-order valence-corrected chi connectivity index (χ4v) is 2.07. The molecule has 1 N–H and O–H groups in total. The van der Waals surface area contributed by atoms with Crippen LogP contribution in [0.15, 0.2) is 0 Å². The minimum atomic E-state index is -1.04. The molecule has 0 aromatic carbocycles. The van der Waals surface area contributed by atoms with Crippen molar-refractivity contribution in [3.8, 4) is 0 Å². The first-order valence-corrected chi connectivity index (χ1v) is 8.04. The van der Waals surface area contributed by atoms with Gasteiger partial charge in [-0.25, -0.2) is 4.79 Å². The number of carbonyl (C=O) groups is 2. The fraction of sp³-hybridized carbons (Fsp3) is 0.875. The zero-order valence-corrected chi connectivity index (χ0v) is 13.0. The van der Waals surface area contributed by atoms with Gasteiger partial charge in [0.1, 0.15) is 0 Å². The van der Waals surface area contributed by atoms with E-state index in [1.54, 1.807) is 0 Å². The first-order valence-electron chi connectivity index (χ1n) is 8.04. The highest BCUT2D eigenvalue weighted by Crippen LogP contribution is 2.11. The summed E-state index contributed by atoms with van der Waals surface area (Å²) in [5.74, 6) is -1.41. The Morgan fingerprint density at radius 1 is 0.900 bits per heavy atom. The van der Waals surface area contributed by atoms with Gasteiger partial charge in [-0.15, -0.1) is 0 Å². The normalized spacial score (nSPS) is 12.1. The van der Waals surface area contributed by atoms with E-state index in [-0.39, 0.29) is 5.97 Å². The number of ether oxygens (including phenoxy) is 1. The molecule has 1 unspecified atom stereocenters. The van der Waals surface area contributed by atoms with E-state index in [2.05, 4.69) is 6.92 Å². The molecule has 0 fully saturated rings. The van der Waals surface area contributed by atoms with Crippen molar-refractivity contribution in [2.75, 3.05) is 0 Å². The molecule has 0 rings (SSSR count). The van der Waals surface area contributed by atoms with Crippen molar-refractivity contribution in [3.05, 3.63) is 0 Å². The molecule has 0 radical (unpaired) electrons. The average molecular weight is 286 g/mol. The van der Waals surface area contributed by atoms with Crippen molar-refractivity contribution < 1.29 is 19.4 Å². The minimum absolute atomic E-state index is 0.337. The van der Waals surface area contributed by atoms with Crippen molar-refractivity contribution in [1.29, 1.82) is 0 Å². The molecule has 0 heterocycles. The molecule has 118 valence electrons. The third kappa shape index (κ3) is 10.8. The van der Waals surface area contributed by atoms with Crippen LogP contribution in [-0.4, -0.2) is 23.1 Å². The van der Waals surface area contributed by atoms with Crippen LogP contribution >= 0.6 is 0 Å². The number of hydrogen-bond acceptors (Lipinski definition) is 3. The van der Waals surface area contributed by atoms with Crippen LogP contribution in [0.2, 0.25) is 0 Å². The standard InChI is InChI=1S/C16H30O4/c1-3-5-7-8-9-10-11-13-15(17)20-14(16(18)19)12-6-4-2/h14H,3-13H2,1-2H3,(H,18,19). The van der Waals surface area contributed by atoms with Gasteiger partial charge in [0.25, 0.3) is 0 Å². The molecule has 0 saturated heterocycles. The Balaban J connectivity index is 3.66. The minimum Gasteiger partial charge on any atom is -0.479 e. The number of esters is 1. The van der Waals surface area contributed by atoms with Crippen LogP contribution in [0.5, 0.6) is 0 Å². The van der Waals surface area contributed by atoms with E-state index in [1.165, 1.54) is 25.7 Å². The van der Waals surface area contributed by atoms with Gasteiger partial charge in [0, 0.05) is 6.42 Å². The van der Waals surface area contributed by atoms with Gasteiger partial charge in [-0.3, -0.25) is 4.79 Å². The molecule has 0 aliphatic rings. The Kier molecular flexibility index (Phi) is 12.3. The van der Waals surface area contributed by atoms with Crippen molar-refractivity contribution >= 4 is 11.9 Å². The molecular formula is C16H30O4. The van der Waals surface area contributed by atoms with Gasteiger partial charge in [0.2, 0.25) is 0 Å². The van der Waals surface area contributed by atoms with Crippen LogP contribution in [0, 0.1) is 0 Å². The predicted octanol–water partition coefficient (Wildman–Crippen LogP) is 4.31. The van der Waals surface area contributed by atoms with E-state index in [0.29, 0.717) is 12.8 Å². The molecule has 0 aliphatic heterocycles. The van der Waals surface area contributed by atoms with E-state index >= 15 is 0 Å². The van der Waals surface area contributed by atoms with E-state index in [9.17, 15) is 9.59 Å². The molecule has 4 heteroatoms. The lowest BCUT2D eigenvalue weighted by Crippen LogP contribution is -2.26. The second-order valence-corrected chi connectivity index (χ2v) is 5.33. The Morgan fingerprint density at radius 3 is 2.00 bits per heavy atom. The lowest BCUT2D eigenvalue weighted by molar-refractivity contribution is -0.164. The van der Waals surface area contributed by atoms with Crippen LogP contribution in [0.4, 0.5) is 0 Å². The SMILES string of the molecule is CCCCCCCCCC(=O)OC(CCCC)C(=O)O. The Morgan fingerprint density at radius 2 is 1.45 bits per heavy atom. The quantitative estimate of drug-likeness (QED) is 0.404. The molecular weight excluding hydrogens is 256 g/mol. The van der Waals surface area contributed by atoms with Crippen LogP contribution in [0.1, 0.15) is 84.5 Å². The summed E-state index contributed by atoms with van der Waals surface area (Å²) in [6.07, 6.45) is 9.41. The van der Waals surface area contributed by atoms with Crippen molar-refractivity contribution in [1.82, 2.24) is 0 Å². The van der Waals surface area contributed by atoms with Gasteiger partial charge in [0.05, 0.1) is 0 Å². The average Bonchev–Trinajstić information content (AvgIpc) is 2.42. The lowest BCUT2D eigenvalue weighted by Gasteiger charge is -2.13. The summed E-state index contributed by atoms with van der Waals surface area (Å²) >= 11 is 0. The lowest BCUT2D eigenvalue weighted by atomic mass is 10.1. The van der Waals surface area contributed by atoms with Crippen molar-refractivity contribution in [3.63, 3.8) is 0 Å². The monoisotopic (exact) mass is 286 g/mol. The van der Waals surface area contributed by atoms with Gasteiger partial charge in [0.15, 0.2) is 6.10 Å². The number of hydrogen-bond donors (Lipinski definition) is 1. The Bertz CT molecular complexity index is 263. The fourth-order valence-electron chi connectivity index (χ4n) is 2.07. The predicted molar refractivity (Wildman–Crippen MR) is 79.7 cm³/mol. The number of carbonyl (C=O) groups excluding carboxylic acids is 1. The molecule has 0 spiro atoms. The second kappa shape index (κ2) is 12.9. The van der Waals surface area contributed by atoms with Crippen LogP contribution in [-0.2, 0) is 14.3 Å². The summed E-state index contributed by atoms with van der Waals surface area (Å²) in [7, 11) is 0. The summed E-state index contributed by atoms with van der Waals surface area (Å²) in [6.45, 7) is 4.17. The van der Waals surface area contributed by atoms with Gasteiger partial charge in [-0.05, 0) is 19.3 Å². The van der Waals surface area contributed by atoms with Crippen molar-refractivity contribution in [2.45, 2.75) is 90.6 Å². The van der Waals surface area contributed by atoms with Crippen LogP contribution in [0.25, 0.3) is 0 Å². The Labute approximate surface area is 122 Å². The smallest absolute Gasteiger partial charge is 0.345 e. The van der Waals surface area contributed by atoms with Crippen molar-refractivity contribution in [2.24, 2.45) is 0 Å². The molecule has 0 amide bonds. The summed E-state index contributed by atoms with van der Waals surface area (Å²) in [6, 6.07) is 0. The van der Waals surface area contributed by atoms with Gasteiger partial charge < -0.3 is 9.84 Å². The number of carboxylic acids is 1. The highest BCUT2D eigenvalue weighted by Gasteiger charge is 2.20. The topological polar surface area (TPSA) is 63.6 Å². The molecule has 0 aromatic rings. The maximum absolute atomic E-state index is 11.6. The van der Waals surface area contributed by atoms with Gasteiger partial charge >= 0.3 is 11.9 Å². The number of unbranched alkanes of at least 4 members (excludes halogenated alkanes) is 7. The highest BCUT2D eigenvalue weighted by molar-refractivity contribution is 5.77. The van der Waals surface area contributed by atoms with Crippen LogP contribution in [0.3, 0.4) is 0 Å². The molecule has 20 heavy (non-hydrogen) atoms. The summed E-state index contributed by atoms with van der Waals surface area (Å²) in [5, 5.41) is 8.96. The molecule has 4 nitrogen and oxygen atoms in total. The summed E-state index contributed by atoms with van der Waals surface area (Å²) < 4.78 is 5.02. The maximum Gasteiger partial charge on any atom is 0.345 e. The first-order chi connectivity index (χ1) is 9.61. The molecule has 0 aromatic heterocycles. The molecule has 0 aliphatic carbocycles. The van der Waals surface area contributed by atoms with Gasteiger partial charge in [-0.1, -0.05) is 58.8 Å². The zero-order chi connectivity index (χ0) is 15.2. The number of carboxylic acid groups (broad SMARTS) is 1. The Hall–Kier alpha value is -1.06.